The zero-order valence-corrected chi connectivity index (χ0v) is 10.1. The van der Waals surface area contributed by atoms with Gasteiger partial charge in [0.25, 0.3) is 5.91 Å². The fraction of sp³-hybridized carbons (Fsp3) is 0.583. The maximum Gasteiger partial charge on any atom is 0.289 e. The van der Waals surface area contributed by atoms with Crippen LogP contribution in [-0.2, 0) is 6.54 Å². The summed E-state index contributed by atoms with van der Waals surface area (Å²) in [7, 11) is 0. The Morgan fingerprint density at radius 3 is 2.71 bits per heavy atom. The summed E-state index contributed by atoms with van der Waals surface area (Å²) >= 11 is 0. The molecule has 1 saturated heterocycles. The summed E-state index contributed by atoms with van der Waals surface area (Å²) in [6.07, 6.45) is 0. The average Bonchev–Trinajstić information content (AvgIpc) is 2.71. The number of amides is 1. The Labute approximate surface area is 100 Å². The van der Waals surface area contributed by atoms with Crippen molar-refractivity contribution in [3.05, 3.63) is 23.7 Å². The molecule has 0 aliphatic carbocycles. The first-order valence-electron chi connectivity index (χ1n) is 5.77. The van der Waals surface area contributed by atoms with Gasteiger partial charge in [0.15, 0.2) is 5.76 Å². The molecule has 0 radical (unpaired) electrons. The summed E-state index contributed by atoms with van der Waals surface area (Å²) in [5, 5.41) is 10.1. The van der Waals surface area contributed by atoms with Crippen LogP contribution in [0.5, 0.6) is 0 Å². The van der Waals surface area contributed by atoms with E-state index in [4.69, 9.17) is 10.2 Å². The van der Waals surface area contributed by atoms with Gasteiger partial charge in [-0.1, -0.05) is 13.8 Å². The number of nitrogens with zero attached hydrogens (tertiary/aromatic N) is 1. The van der Waals surface area contributed by atoms with Gasteiger partial charge in [0.05, 0.1) is 19.6 Å². The Kier molecular flexibility index (Phi) is 2.97. The molecule has 0 saturated carbocycles. The highest BCUT2D eigenvalue weighted by atomic mass is 16.4. The van der Waals surface area contributed by atoms with Crippen molar-refractivity contribution in [2.75, 3.05) is 13.1 Å². The normalized spacial score (nSPS) is 18.3. The number of hydrogen-bond donors (Lipinski definition) is 2. The minimum atomic E-state index is -0.751. The van der Waals surface area contributed by atoms with Gasteiger partial charge in [0.2, 0.25) is 0 Å². The number of nitrogens with two attached hydrogens (primary N) is 1. The fourth-order valence-corrected chi connectivity index (χ4v) is 1.88. The molecule has 2 heterocycles. The van der Waals surface area contributed by atoms with E-state index >= 15 is 0 Å². The Bertz CT molecular complexity index is 419. The van der Waals surface area contributed by atoms with E-state index in [2.05, 4.69) is 0 Å². The summed E-state index contributed by atoms with van der Waals surface area (Å²) in [5.74, 6) is 0.835. The van der Waals surface area contributed by atoms with Crippen LogP contribution in [0.15, 0.2) is 16.5 Å². The Morgan fingerprint density at radius 1 is 1.59 bits per heavy atom. The Balaban J connectivity index is 2.00. The van der Waals surface area contributed by atoms with E-state index in [0.717, 1.165) is 0 Å². The van der Waals surface area contributed by atoms with Gasteiger partial charge in [0.1, 0.15) is 11.4 Å². The van der Waals surface area contributed by atoms with Crippen LogP contribution in [0.25, 0.3) is 0 Å². The molecule has 1 aliphatic heterocycles. The van der Waals surface area contributed by atoms with Crippen molar-refractivity contribution in [3.8, 4) is 0 Å². The monoisotopic (exact) mass is 238 g/mol. The second-order valence-corrected chi connectivity index (χ2v) is 4.89. The lowest BCUT2D eigenvalue weighted by atomic mass is 9.83. The van der Waals surface area contributed by atoms with Gasteiger partial charge in [-0.25, -0.2) is 0 Å². The van der Waals surface area contributed by atoms with Crippen molar-refractivity contribution in [1.82, 2.24) is 4.90 Å². The van der Waals surface area contributed by atoms with Crippen molar-refractivity contribution in [1.29, 1.82) is 0 Å². The van der Waals surface area contributed by atoms with Gasteiger partial charge >= 0.3 is 0 Å². The summed E-state index contributed by atoms with van der Waals surface area (Å²) < 4.78 is 5.28. The summed E-state index contributed by atoms with van der Waals surface area (Å²) in [6, 6.07) is 3.32. The number of rotatable bonds is 3. The first-order chi connectivity index (χ1) is 7.96. The van der Waals surface area contributed by atoms with Crippen molar-refractivity contribution < 1.29 is 14.3 Å². The molecule has 94 valence electrons. The fourth-order valence-electron chi connectivity index (χ4n) is 1.88. The van der Waals surface area contributed by atoms with E-state index in [1.807, 2.05) is 13.8 Å². The molecule has 5 heteroatoms. The Morgan fingerprint density at radius 2 is 2.24 bits per heavy atom. The van der Waals surface area contributed by atoms with E-state index in [-0.39, 0.29) is 24.1 Å². The minimum absolute atomic E-state index is 0.141. The van der Waals surface area contributed by atoms with Crippen LogP contribution in [0.3, 0.4) is 0 Å². The highest BCUT2D eigenvalue weighted by Crippen LogP contribution is 2.29. The van der Waals surface area contributed by atoms with Crippen LogP contribution < -0.4 is 5.73 Å². The van der Waals surface area contributed by atoms with Gasteiger partial charge in [-0.2, -0.15) is 0 Å². The zero-order valence-electron chi connectivity index (χ0n) is 10.1. The largest absolute Gasteiger partial charge is 0.455 e. The Hall–Kier alpha value is -1.33. The molecule has 1 fully saturated rings. The van der Waals surface area contributed by atoms with Gasteiger partial charge < -0.3 is 20.2 Å². The smallest absolute Gasteiger partial charge is 0.289 e. The van der Waals surface area contributed by atoms with E-state index in [0.29, 0.717) is 18.8 Å². The molecule has 0 aromatic carbocycles. The molecule has 0 spiro atoms. The molecule has 0 bridgehead atoms. The van der Waals surface area contributed by atoms with E-state index in [1.165, 1.54) is 0 Å². The molecule has 1 aliphatic rings. The van der Waals surface area contributed by atoms with Gasteiger partial charge in [-0.15, -0.1) is 0 Å². The molecule has 2 rings (SSSR count). The number of likely N-dealkylation sites (tertiary alicyclic amines) is 1. The predicted octanol–water partition coefficient (Wildman–Crippen LogP) is 0.581. The lowest BCUT2D eigenvalue weighted by molar-refractivity contribution is -0.111. The number of carbonyl (C=O) groups is 1. The molecular weight excluding hydrogens is 220 g/mol. The van der Waals surface area contributed by atoms with Crippen LogP contribution in [0.2, 0.25) is 0 Å². The highest BCUT2D eigenvalue weighted by molar-refractivity contribution is 5.92. The van der Waals surface area contributed by atoms with Gasteiger partial charge in [-0.3, -0.25) is 4.79 Å². The second-order valence-electron chi connectivity index (χ2n) is 4.89. The third-order valence-corrected chi connectivity index (χ3v) is 3.36. The van der Waals surface area contributed by atoms with Crippen molar-refractivity contribution in [2.24, 2.45) is 11.7 Å². The first-order valence-corrected chi connectivity index (χ1v) is 5.77. The molecule has 0 unspecified atom stereocenters. The summed E-state index contributed by atoms with van der Waals surface area (Å²) in [6.45, 7) is 4.90. The number of carbonyl (C=O) groups excluding carboxylic acids is 1. The third kappa shape index (κ3) is 2.08. The van der Waals surface area contributed by atoms with Gasteiger partial charge in [-0.05, 0) is 18.1 Å². The molecule has 17 heavy (non-hydrogen) atoms. The quantitative estimate of drug-likeness (QED) is 0.807. The standard InChI is InChI=1S/C12H18N2O3/c1-8(2)12(16)6-14(7-12)11(15)10-4-3-9(5-13)17-10/h3-4,8,16H,5-7,13H2,1-2H3. The maximum atomic E-state index is 11.9. The average molecular weight is 238 g/mol. The van der Waals surface area contributed by atoms with Crippen molar-refractivity contribution in [2.45, 2.75) is 26.0 Å². The topological polar surface area (TPSA) is 79.7 Å². The highest BCUT2D eigenvalue weighted by Gasteiger charge is 2.46. The summed E-state index contributed by atoms with van der Waals surface area (Å²) in [5.41, 5.74) is 4.66. The maximum absolute atomic E-state index is 11.9. The molecular formula is C12H18N2O3. The molecule has 1 amide bonds. The first kappa shape index (κ1) is 12.1. The lowest BCUT2D eigenvalue weighted by Crippen LogP contribution is -2.65. The van der Waals surface area contributed by atoms with E-state index < -0.39 is 5.60 Å². The van der Waals surface area contributed by atoms with Crippen molar-refractivity contribution >= 4 is 5.91 Å². The summed E-state index contributed by atoms with van der Waals surface area (Å²) in [4.78, 5) is 13.5. The number of hydrogen-bond acceptors (Lipinski definition) is 4. The van der Waals surface area contributed by atoms with Crippen LogP contribution in [0.4, 0.5) is 0 Å². The number of aliphatic hydroxyl groups is 1. The molecule has 1 aromatic heterocycles. The molecule has 0 atom stereocenters. The van der Waals surface area contributed by atoms with Crippen LogP contribution in [0, 0.1) is 5.92 Å². The third-order valence-electron chi connectivity index (χ3n) is 3.36. The van der Waals surface area contributed by atoms with Crippen LogP contribution in [-0.4, -0.2) is 34.6 Å². The minimum Gasteiger partial charge on any atom is -0.455 e. The van der Waals surface area contributed by atoms with Crippen LogP contribution >= 0.6 is 0 Å². The van der Waals surface area contributed by atoms with Gasteiger partial charge in [0, 0.05) is 0 Å². The lowest BCUT2D eigenvalue weighted by Gasteiger charge is -2.48. The SMILES string of the molecule is CC(C)C1(O)CN(C(=O)c2ccc(CN)o2)C1. The predicted molar refractivity (Wildman–Crippen MR) is 62.3 cm³/mol. The number of furan rings is 1. The number of β-amino-alcohol motifs (C(OH)–C–C–N with tert-alkyl or cyclic N) is 1. The van der Waals surface area contributed by atoms with Crippen molar-refractivity contribution in [3.63, 3.8) is 0 Å². The van der Waals surface area contributed by atoms with Crippen LogP contribution in [0.1, 0.15) is 30.2 Å². The van der Waals surface area contributed by atoms with E-state index in [1.54, 1.807) is 17.0 Å². The molecule has 3 N–H and O–H groups in total. The second kappa shape index (κ2) is 4.16. The van der Waals surface area contributed by atoms with E-state index in [9.17, 15) is 9.90 Å². The molecule has 5 nitrogen and oxygen atoms in total. The zero-order chi connectivity index (χ0) is 12.6. The molecule has 1 aromatic rings.